The van der Waals surface area contributed by atoms with Gasteiger partial charge in [-0.25, -0.2) is 0 Å². The van der Waals surface area contributed by atoms with Crippen LogP contribution in [0.5, 0.6) is 5.75 Å². The molecule has 0 spiro atoms. The fraction of sp³-hybridized carbons (Fsp3) is 0.440. The van der Waals surface area contributed by atoms with Crippen molar-refractivity contribution in [2.24, 2.45) is 0 Å². The van der Waals surface area contributed by atoms with Crippen LogP contribution in [-0.2, 0) is 9.59 Å². The standard InChI is InChI=1S/C25H29N3O4/c1-28(17-8-10-26-11-9-17)12-13-31-18-3-4-19-16(14-18)2-6-22-24(19)21(15-32-22)20-5-7-23(29)27-25(20)30/h2-4,6,14-15,17,20,26H,5,7-13H2,1H3,(H,27,29,30)/t20-/m1/s1. The molecule has 2 saturated heterocycles. The second kappa shape index (κ2) is 8.92. The number of piperidine rings is 2. The maximum Gasteiger partial charge on any atom is 0.234 e. The predicted molar refractivity (Wildman–Crippen MR) is 123 cm³/mol. The average Bonchev–Trinajstić information content (AvgIpc) is 3.24. The Labute approximate surface area is 187 Å². The summed E-state index contributed by atoms with van der Waals surface area (Å²) < 4.78 is 11.8. The summed E-state index contributed by atoms with van der Waals surface area (Å²) >= 11 is 0. The van der Waals surface area contributed by atoms with Crippen LogP contribution in [0.25, 0.3) is 21.7 Å². The lowest BCUT2D eigenvalue weighted by atomic mass is 9.89. The molecule has 0 bridgehead atoms. The number of nitrogens with zero attached hydrogens (tertiary/aromatic N) is 1. The molecular formula is C25H29N3O4. The summed E-state index contributed by atoms with van der Waals surface area (Å²) in [6.45, 7) is 3.71. The first-order chi connectivity index (χ1) is 15.6. The van der Waals surface area contributed by atoms with Gasteiger partial charge in [-0.15, -0.1) is 0 Å². The molecule has 0 unspecified atom stereocenters. The van der Waals surface area contributed by atoms with Crippen molar-refractivity contribution in [1.82, 2.24) is 15.5 Å². The maximum absolute atomic E-state index is 12.4. The number of likely N-dealkylation sites (N-methyl/N-ethyl adjacent to an activating group) is 1. The van der Waals surface area contributed by atoms with E-state index >= 15 is 0 Å². The summed E-state index contributed by atoms with van der Waals surface area (Å²) in [5.74, 6) is -0.00196. The number of carbonyl (C=O) groups is 2. The third kappa shape index (κ3) is 4.10. The molecule has 1 atom stereocenters. The van der Waals surface area contributed by atoms with Crippen LogP contribution in [0.3, 0.4) is 0 Å². The molecule has 5 rings (SSSR count). The van der Waals surface area contributed by atoms with Crippen molar-refractivity contribution >= 4 is 33.6 Å². The van der Waals surface area contributed by atoms with Crippen LogP contribution in [-0.4, -0.2) is 56.0 Å². The third-order valence-electron chi connectivity index (χ3n) is 6.81. The number of hydrogen-bond donors (Lipinski definition) is 2. The fourth-order valence-corrected chi connectivity index (χ4v) is 4.94. The highest BCUT2D eigenvalue weighted by molar-refractivity contribution is 6.10. The van der Waals surface area contributed by atoms with E-state index in [4.69, 9.17) is 9.15 Å². The van der Waals surface area contributed by atoms with Crippen LogP contribution in [0.4, 0.5) is 0 Å². The monoisotopic (exact) mass is 435 g/mol. The molecule has 0 saturated carbocycles. The van der Waals surface area contributed by atoms with Gasteiger partial charge in [0.15, 0.2) is 0 Å². The maximum atomic E-state index is 12.4. The summed E-state index contributed by atoms with van der Waals surface area (Å²) in [5, 5.41) is 8.86. The van der Waals surface area contributed by atoms with Gasteiger partial charge in [0.25, 0.3) is 0 Å². The highest BCUT2D eigenvalue weighted by Crippen LogP contribution is 2.37. The van der Waals surface area contributed by atoms with E-state index in [1.54, 1.807) is 6.26 Å². The second-order valence-corrected chi connectivity index (χ2v) is 8.83. The van der Waals surface area contributed by atoms with E-state index in [1.165, 1.54) is 12.8 Å². The zero-order valence-corrected chi connectivity index (χ0v) is 18.4. The van der Waals surface area contributed by atoms with Crippen molar-refractivity contribution in [3.05, 3.63) is 42.2 Å². The zero-order valence-electron chi connectivity index (χ0n) is 18.4. The van der Waals surface area contributed by atoms with Crippen molar-refractivity contribution in [3.63, 3.8) is 0 Å². The average molecular weight is 436 g/mol. The summed E-state index contributed by atoms with van der Waals surface area (Å²) in [6.07, 6.45) is 4.87. The highest BCUT2D eigenvalue weighted by Gasteiger charge is 2.31. The molecule has 0 radical (unpaired) electrons. The summed E-state index contributed by atoms with van der Waals surface area (Å²) in [5.41, 5.74) is 1.59. The number of nitrogens with one attached hydrogen (secondary N) is 2. The van der Waals surface area contributed by atoms with Gasteiger partial charge in [-0.05, 0) is 74.4 Å². The molecule has 7 heteroatoms. The number of amides is 2. The van der Waals surface area contributed by atoms with Gasteiger partial charge in [0.2, 0.25) is 11.8 Å². The molecule has 32 heavy (non-hydrogen) atoms. The van der Waals surface area contributed by atoms with Crippen LogP contribution in [0, 0.1) is 0 Å². The largest absolute Gasteiger partial charge is 0.492 e. The molecule has 2 amide bonds. The molecule has 168 valence electrons. The molecule has 2 aromatic carbocycles. The number of hydrogen-bond acceptors (Lipinski definition) is 6. The number of fused-ring (bicyclic) bond motifs is 3. The number of benzene rings is 2. The van der Waals surface area contributed by atoms with Gasteiger partial charge in [0.05, 0.1) is 12.2 Å². The number of ether oxygens (including phenoxy) is 1. The Hall–Kier alpha value is -2.90. The van der Waals surface area contributed by atoms with E-state index in [9.17, 15) is 9.59 Å². The Morgan fingerprint density at radius 2 is 1.97 bits per heavy atom. The molecule has 2 aliphatic rings. The summed E-state index contributed by atoms with van der Waals surface area (Å²) in [6, 6.07) is 10.6. The minimum atomic E-state index is -0.374. The topological polar surface area (TPSA) is 83.8 Å². The predicted octanol–water partition coefficient (Wildman–Crippen LogP) is 3.17. The first kappa shape index (κ1) is 21.0. The Morgan fingerprint density at radius 1 is 1.12 bits per heavy atom. The van der Waals surface area contributed by atoms with Crippen LogP contribution >= 0.6 is 0 Å². The molecule has 2 fully saturated rings. The molecule has 3 heterocycles. The zero-order chi connectivity index (χ0) is 22.1. The van der Waals surface area contributed by atoms with Crippen LogP contribution in [0.2, 0.25) is 0 Å². The van der Waals surface area contributed by atoms with E-state index < -0.39 is 0 Å². The SMILES string of the molecule is CN(CCOc1ccc2c(ccc3occ([C@H]4CCC(=O)NC4=O)c32)c1)C1CCNCC1. The van der Waals surface area contributed by atoms with Gasteiger partial charge in [-0.1, -0.05) is 6.07 Å². The van der Waals surface area contributed by atoms with Gasteiger partial charge in [-0.2, -0.15) is 0 Å². The number of furan rings is 1. The van der Waals surface area contributed by atoms with Gasteiger partial charge >= 0.3 is 0 Å². The fourth-order valence-electron chi connectivity index (χ4n) is 4.94. The minimum absolute atomic E-state index is 0.212. The molecule has 2 N–H and O–H groups in total. The molecule has 0 aliphatic carbocycles. The van der Waals surface area contributed by atoms with E-state index in [1.807, 2.05) is 30.3 Å². The molecule has 2 aliphatic heterocycles. The van der Waals surface area contributed by atoms with E-state index in [-0.39, 0.29) is 17.7 Å². The Kier molecular flexibility index (Phi) is 5.85. The van der Waals surface area contributed by atoms with Crippen LogP contribution < -0.4 is 15.4 Å². The normalized spacial score (nSPS) is 20.2. The first-order valence-electron chi connectivity index (χ1n) is 11.4. The lowest BCUT2D eigenvalue weighted by molar-refractivity contribution is -0.134. The number of rotatable bonds is 6. The van der Waals surface area contributed by atoms with Crippen LogP contribution in [0.1, 0.15) is 37.2 Å². The van der Waals surface area contributed by atoms with Gasteiger partial charge < -0.3 is 14.5 Å². The Morgan fingerprint density at radius 3 is 2.78 bits per heavy atom. The number of carbonyl (C=O) groups excluding carboxylic acids is 2. The quantitative estimate of drug-likeness (QED) is 0.579. The van der Waals surface area contributed by atoms with E-state index in [2.05, 4.69) is 22.6 Å². The second-order valence-electron chi connectivity index (χ2n) is 8.83. The highest BCUT2D eigenvalue weighted by atomic mass is 16.5. The third-order valence-corrected chi connectivity index (χ3v) is 6.81. The Bertz CT molecular complexity index is 1150. The van der Waals surface area contributed by atoms with Crippen molar-refractivity contribution in [2.45, 2.75) is 37.6 Å². The smallest absolute Gasteiger partial charge is 0.234 e. The molecule has 3 aromatic rings. The van der Waals surface area contributed by atoms with Gasteiger partial charge in [0, 0.05) is 30.0 Å². The lowest BCUT2D eigenvalue weighted by Gasteiger charge is -2.31. The number of imide groups is 1. The van der Waals surface area contributed by atoms with E-state index in [0.717, 1.165) is 52.7 Å². The summed E-state index contributed by atoms with van der Waals surface area (Å²) in [4.78, 5) is 26.4. The lowest BCUT2D eigenvalue weighted by Crippen LogP contribution is -2.42. The van der Waals surface area contributed by atoms with Gasteiger partial charge in [0.1, 0.15) is 17.9 Å². The van der Waals surface area contributed by atoms with Crippen LogP contribution in [0.15, 0.2) is 41.0 Å². The molecule has 1 aromatic heterocycles. The van der Waals surface area contributed by atoms with Crippen molar-refractivity contribution in [1.29, 1.82) is 0 Å². The van der Waals surface area contributed by atoms with E-state index in [0.29, 0.717) is 25.5 Å². The van der Waals surface area contributed by atoms with Crippen molar-refractivity contribution < 1.29 is 18.7 Å². The molecular weight excluding hydrogens is 406 g/mol. The summed E-state index contributed by atoms with van der Waals surface area (Å²) in [7, 11) is 2.17. The minimum Gasteiger partial charge on any atom is -0.492 e. The molecule has 7 nitrogen and oxygen atoms in total. The van der Waals surface area contributed by atoms with Crippen molar-refractivity contribution in [2.75, 3.05) is 33.3 Å². The van der Waals surface area contributed by atoms with Crippen molar-refractivity contribution in [3.8, 4) is 5.75 Å². The Balaban J connectivity index is 1.34. The van der Waals surface area contributed by atoms with Gasteiger partial charge in [-0.3, -0.25) is 19.8 Å². The first-order valence-corrected chi connectivity index (χ1v) is 11.4.